The maximum atomic E-state index is 14.0. The number of amides is 4. The van der Waals surface area contributed by atoms with Crippen LogP contribution in [-0.2, 0) is 24.6 Å². The Kier molecular flexibility index (Phi) is 5.88. The van der Waals surface area contributed by atoms with Crippen LogP contribution >= 0.6 is 0 Å². The van der Waals surface area contributed by atoms with Crippen LogP contribution in [-0.4, -0.2) is 64.7 Å². The number of para-hydroxylation sites is 1. The van der Waals surface area contributed by atoms with Crippen molar-refractivity contribution < 1.29 is 23.3 Å². The van der Waals surface area contributed by atoms with Crippen LogP contribution in [0.25, 0.3) is 4.85 Å². The topological polar surface area (TPSA) is 103 Å². The normalized spacial score (nSPS) is 23.7. The standard InChI is InChI=1S/C25H33N5O4/c1-7-8-13-18(29(6)22(33)20(31)28-24(2,3)4)21(32)30-15-25(14-19(30)26-5)16-11-9-10-12-17(16)27-23(25)34/h9-12,18-19H,7-8,13-15H2,1-4,6H3,(H,27,34)(H,28,31)/t18-,19-,25-/m0/s1/i6D3. The van der Waals surface area contributed by atoms with Gasteiger partial charge in [-0.1, -0.05) is 38.0 Å². The number of likely N-dealkylation sites (tertiary alicyclic amines) is 1. The quantitative estimate of drug-likeness (QED) is 0.509. The summed E-state index contributed by atoms with van der Waals surface area (Å²) in [7, 11) is 0. The van der Waals surface area contributed by atoms with Gasteiger partial charge in [0, 0.05) is 28.9 Å². The van der Waals surface area contributed by atoms with Gasteiger partial charge in [-0.2, -0.15) is 0 Å². The van der Waals surface area contributed by atoms with E-state index in [0.29, 0.717) is 29.0 Å². The van der Waals surface area contributed by atoms with Gasteiger partial charge in [0.1, 0.15) is 11.5 Å². The Morgan fingerprint density at radius 3 is 2.71 bits per heavy atom. The molecule has 1 aromatic carbocycles. The molecule has 0 saturated carbocycles. The lowest BCUT2D eigenvalue weighted by molar-refractivity contribution is -0.151. The van der Waals surface area contributed by atoms with Gasteiger partial charge in [-0.15, -0.1) is 0 Å². The highest BCUT2D eigenvalue weighted by atomic mass is 16.2. The summed E-state index contributed by atoms with van der Waals surface area (Å²) in [5.41, 5.74) is -0.695. The minimum atomic E-state index is -3.09. The zero-order valence-electron chi connectivity index (χ0n) is 23.0. The van der Waals surface area contributed by atoms with Crippen molar-refractivity contribution in [2.45, 2.75) is 76.5 Å². The molecular formula is C25H33N5O4. The van der Waals surface area contributed by atoms with Crippen molar-refractivity contribution >= 4 is 29.3 Å². The molecule has 3 atom stereocenters. The van der Waals surface area contributed by atoms with E-state index in [2.05, 4.69) is 15.5 Å². The molecule has 2 aliphatic rings. The van der Waals surface area contributed by atoms with Gasteiger partial charge in [0.05, 0.1) is 6.42 Å². The number of rotatable bonds is 5. The van der Waals surface area contributed by atoms with Crippen LogP contribution in [0, 0.1) is 6.57 Å². The minimum Gasteiger partial charge on any atom is -0.343 e. The third kappa shape index (κ3) is 4.63. The molecule has 2 aliphatic heterocycles. The molecule has 0 aliphatic carbocycles. The van der Waals surface area contributed by atoms with Gasteiger partial charge in [-0.25, -0.2) is 6.57 Å². The number of nitrogens with zero attached hydrogens (tertiary/aromatic N) is 3. The van der Waals surface area contributed by atoms with E-state index in [1.54, 1.807) is 45.0 Å². The summed E-state index contributed by atoms with van der Waals surface area (Å²) in [5, 5.41) is 5.27. The van der Waals surface area contributed by atoms with Crippen LogP contribution in [0.4, 0.5) is 5.69 Å². The Hall–Kier alpha value is -3.41. The van der Waals surface area contributed by atoms with Crippen LogP contribution in [0.5, 0.6) is 0 Å². The van der Waals surface area contributed by atoms with Crippen molar-refractivity contribution in [1.82, 2.24) is 15.1 Å². The first-order chi connectivity index (χ1) is 17.2. The van der Waals surface area contributed by atoms with Gasteiger partial charge in [0.15, 0.2) is 0 Å². The summed E-state index contributed by atoms with van der Waals surface area (Å²) >= 11 is 0. The lowest BCUT2D eigenvalue weighted by Crippen LogP contribution is -2.55. The SMILES string of the molecule is [2H]C([2H])([2H])N(C(=O)C(=O)NC(C)(C)C)[C@@H](CCCC)C(=O)N1C[C@]2(C[C@H]1[N+]#[C-])C(=O)Nc1ccccc12. The lowest BCUT2D eigenvalue weighted by Gasteiger charge is -2.31. The number of unbranched alkanes of at least 4 members (excludes halogenated alkanes) is 1. The lowest BCUT2D eigenvalue weighted by atomic mass is 9.80. The van der Waals surface area contributed by atoms with E-state index in [4.69, 9.17) is 10.7 Å². The maximum absolute atomic E-state index is 14.0. The first-order valence-corrected chi connectivity index (χ1v) is 11.4. The molecule has 1 fully saturated rings. The number of nitrogens with one attached hydrogen (secondary N) is 2. The van der Waals surface area contributed by atoms with Crippen LogP contribution in [0.3, 0.4) is 0 Å². The van der Waals surface area contributed by atoms with Gasteiger partial charge >= 0.3 is 18.0 Å². The monoisotopic (exact) mass is 470 g/mol. The second-order valence-corrected chi connectivity index (χ2v) is 9.90. The summed E-state index contributed by atoms with van der Waals surface area (Å²) < 4.78 is 24.1. The highest BCUT2D eigenvalue weighted by molar-refractivity contribution is 6.35. The fraction of sp³-hybridized carbons (Fsp3) is 0.560. The molecule has 1 spiro atoms. The molecule has 9 heteroatoms. The van der Waals surface area contributed by atoms with E-state index in [0.717, 1.165) is 0 Å². The van der Waals surface area contributed by atoms with Gasteiger partial charge in [-0.3, -0.25) is 28.9 Å². The van der Waals surface area contributed by atoms with Crippen molar-refractivity contribution in [1.29, 1.82) is 0 Å². The van der Waals surface area contributed by atoms with Gasteiger partial charge in [0.25, 0.3) is 5.91 Å². The Bertz CT molecular complexity index is 1140. The second-order valence-electron chi connectivity index (χ2n) is 9.90. The number of carbonyl (C=O) groups excluding carboxylic acids is 4. The Morgan fingerprint density at radius 1 is 1.38 bits per heavy atom. The first kappa shape index (κ1) is 21.1. The minimum absolute atomic E-state index is 0.0146. The summed E-state index contributed by atoms with van der Waals surface area (Å²) in [5.74, 6) is -3.59. The summed E-state index contributed by atoms with van der Waals surface area (Å²) in [6, 6.07) is 5.54. The smallest absolute Gasteiger partial charge is 0.312 e. The molecule has 2 heterocycles. The van der Waals surface area contributed by atoms with E-state index in [1.807, 2.05) is 6.92 Å². The molecule has 2 N–H and O–H groups in total. The fourth-order valence-electron chi connectivity index (χ4n) is 4.55. The summed E-state index contributed by atoms with van der Waals surface area (Å²) in [6.07, 6.45) is -0.00268. The average Bonchev–Trinajstić information content (AvgIpc) is 3.32. The molecule has 0 aromatic heterocycles. The third-order valence-electron chi connectivity index (χ3n) is 6.22. The first-order valence-electron chi connectivity index (χ1n) is 12.9. The summed E-state index contributed by atoms with van der Waals surface area (Å²) in [4.78, 5) is 58.0. The number of fused-ring (bicyclic) bond motifs is 2. The Labute approximate surface area is 204 Å². The molecule has 1 aromatic rings. The molecule has 9 nitrogen and oxygen atoms in total. The van der Waals surface area contributed by atoms with Crippen molar-refractivity contribution in [2.75, 3.05) is 18.8 Å². The number of hydrogen-bond acceptors (Lipinski definition) is 4. The van der Waals surface area contributed by atoms with Crippen LogP contribution in [0.15, 0.2) is 24.3 Å². The number of anilines is 1. The predicted molar refractivity (Wildman–Crippen MR) is 127 cm³/mol. The Morgan fingerprint density at radius 2 is 2.09 bits per heavy atom. The molecule has 182 valence electrons. The van der Waals surface area contributed by atoms with Gasteiger partial charge < -0.3 is 15.5 Å². The third-order valence-corrected chi connectivity index (χ3v) is 6.22. The number of hydrogen-bond donors (Lipinski definition) is 2. The Balaban J connectivity index is 2.01. The van der Waals surface area contributed by atoms with Crippen molar-refractivity contribution in [3.8, 4) is 0 Å². The van der Waals surface area contributed by atoms with E-state index in [1.165, 1.54) is 4.90 Å². The number of carbonyl (C=O) groups is 4. The molecule has 0 radical (unpaired) electrons. The maximum Gasteiger partial charge on any atom is 0.312 e. The van der Waals surface area contributed by atoms with Crippen molar-refractivity contribution in [3.05, 3.63) is 41.2 Å². The number of likely N-dealkylation sites (N-methyl/N-ethyl adjacent to an activating group) is 1. The van der Waals surface area contributed by atoms with Crippen LogP contribution < -0.4 is 10.6 Å². The molecule has 1 saturated heterocycles. The van der Waals surface area contributed by atoms with Gasteiger partial charge in [-0.05, 0) is 38.8 Å². The highest BCUT2D eigenvalue weighted by Crippen LogP contribution is 2.46. The van der Waals surface area contributed by atoms with E-state index in [-0.39, 0.29) is 25.3 Å². The molecule has 3 rings (SSSR count). The van der Waals surface area contributed by atoms with E-state index in [9.17, 15) is 19.2 Å². The van der Waals surface area contributed by atoms with Crippen molar-refractivity contribution in [2.24, 2.45) is 0 Å². The highest BCUT2D eigenvalue weighted by Gasteiger charge is 2.59. The fourth-order valence-corrected chi connectivity index (χ4v) is 4.55. The molecule has 4 amide bonds. The molecule has 0 unspecified atom stereocenters. The van der Waals surface area contributed by atoms with E-state index < -0.39 is 47.9 Å². The zero-order valence-corrected chi connectivity index (χ0v) is 20.0. The largest absolute Gasteiger partial charge is 0.343 e. The molecule has 0 bridgehead atoms. The molecule has 34 heavy (non-hydrogen) atoms. The average molecular weight is 471 g/mol. The predicted octanol–water partition coefficient (Wildman–Crippen LogP) is 2.29. The number of benzene rings is 1. The molecular weight excluding hydrogens is 434 g/mol. The van der Waals surface area contributed by atoms with E-state index >= 15 is 0 Å². The summed E-state index contributed by atoms with van der Waals surface area (Å²) in [6.45, 7) is 11.3. The van der Waals surface area contributed by atoms with Crippen molar-refractivity contribution in [3.63, 3.8) is 0 Å². The van der Waals surface area contributed by atoms with Crippen LogP contribution in [0.2, 0.25) is 0 Å². The van der Waals surface area contributed by atoms with Gasteiger partial charge in [0.2, 0.25) is 5.91 Å². The zero-order chi connectivity index (χ0) is 27.8. The second kappa shape index (κ2) is 9.45. The van der Waals surface area contributed by atoms with Crippen LogP contribution in [0.1, 0.15) is 63.1 Å².